The first-order valence-electron chi connectivity index (χ1n) is 5.23. The van der Waals surface area contributed by atoms with Crippen molar-refractivity contribution in [3.8, 4) is 0 Å². The van der Waals surface area contributed by atoms with Gasteiger partial charge in [-0.2, -0.15) is 0 Å². The number of rotatable bonds is 3. The van der Waals surface area contributed by atoms with Crippen molar-refractivity contribution >= 4 is 11.9 Å². The molecular formula is C12H13NO3. The van der Waals surface area contributed by atoms with E-state index >= 15 is 0 Å². The Morgan fingerprint density at radius 2 is 2.12 bits per heavy atom. The van der Waals surface area contributed by atoms with Crippen LogP contribution >= 0.6 is 0 Å². The van der Waals surface area contributed by atoms with Crippen LogP contribution in [0.25, 0.3) is 0 Å². The molecule has 84 valence electrons. The van der Waals surface area contributed by atoms with Crippen molar-refractivity contribution < 1.29 is 14.3 Å². The average Bonchev–Trinajstić information content (AvgIpc) is 2.74. The number of carbonyl (C=O) groups is 2. The van der Waals surface area contributed by atoms with Gasteiger partial charge < -0.3 is 10.1 Å². The van der Waals surface area contributed by atoms with Crippen LogP contribution in [0.5, 0.6) is 0 Å². The minimum Gasteiger partial charge on any atom is -0.461 e. The van der Waals surface area contributed by atoms with Crippen LogP contribution in [0.4, 0.5) is 0 Å². The van der Waals surface area contributed by atoms with Crippen LogP contribution in [0, 0.1) is 5.92 Å². The molecule has 16 heavy (non-hydrogen) atoms. The first-order valence-corrected chi connectivity index (χ1v) is 5.23. The maximum Gasteiger partial charge on any atom is 0.311 e. The highest BCUT2D eigenvalue weighted by atomic mass is 16.5. The van der Waals surface area contributed by atoms with E-state index in [1.807, 2.05) is 30.3 Å². The largest absolute Gasteiger partial charge is 0.461 e. The van der Waals surface area contributed by atoms with Gasteiger partial charge in [0.25, 0.3) is 0 Å². The molecule has 1 atom stereocenters. The van der Waals surface area contributed by atoms with Gasteiger partial charge in [-0.25, -0.2) is 0 Å². The molecular weight excluding hydrogens is 206 g/mol. The monoisotopic (exact) mass is 219 g/mol. The molecule has 1 saturated heterocycles. The second kappa shape index (κ2) is 4.79. The zero-order valence-electron chi connectivity index (χ0n) is 8.81. The molecule has 0 saturated carbocycles. The summed E-state index contributed by atoms with van der Waals surface area (Å²) in [6, 6.07) is 9.48. The van der Waals surface area contributed by atoms with Gasteiger partial charge in [-0.1, -0.05) is 30.3 Å². The highest BCUT2D eigenvalue weighted by Gasteiger charge is 2.29. The number of ether oxygens (including phenoxy) is 1. The molecule has 4 nitrogen and oxygen atoms in total. The minimum atomic E-state index is -0.323. The van der Waals surface area contributed by atoms with Gasteiger partial charge in [0, 0.05) is 13.0 Å². The van der Waals surface area contributed by atoms with Crippen molar-refractivity contribution in [1.29, 1.82) is 0 Å². The van der Waals surface area contributed by atoms with Crippen LogP contribution in [0.15, 0.2) is 30.3 Å². The molecule has 0 spiro atoms. The minimum absolute atomic E-state index is 0.0818. The molecule has 0 aliphatic carbocycles. The zero-order chi connectivity index (χ0) is 11.4. The third-order valence-corrected chi connectivity index (χ3v) is 2.53. The summed E-state index contributed by atoms with van der Waals surface area (Å²) in [7, 11) is 0. The Balaban J connectivity index is 1.82. The molecule has 1 N–H and O–H groups in total. The summed E-state index contributed by atoms with van der Waals surface area (Å²) in [5.41, 5.74) is 0.952. The van der Waals surface area contributed by atoms with E-state index in [9.17, 15) is 9.59 Å². The smallest absolute Gasteiger partial charge is 0.311 e. The average molecular weight is 219 g/mol. The van der Waals surface area contributed by atoms with Crippen molar-refractivity contribution in [2.75, 3.05) is 6.54 Å². The van der Waals surface area contributed by atoms with E-state index in [1.165, 1.54) is 0 Å². The topological polar surface area (TPSA) is 55.4 Å². The van der Waals surface area contributed by atoms with Crippen molar-refractivity contribution in [2.45, 2.75) is 13.0 Å². The van der Waals surface area contributed by atoms with E-state index < -0.39 is 0 Å². The first kappa shape index (κ1) is 10.7. The zero-order valence-corrected chi connectivity index (χ0v) is 8.81. The number of hydrogen-bond donors (Lipinski definition) is 1. The Bertz CT molecular complexity index is 389. The number of hydrogen-bond acceptors (Lipinski definition) is 3. The maximum absolute atomic E-state index is 11.5. The summed E-state index contributed by atoms with van der Waals surface area (Å²) >= 11 is 0. The highest BCUT2D eigenvalue weighted by Crippen LogP contribution is 2.12. The van der Waals surface area contributed by atoms with Crippen molar-refractivity contribution in [3.63, 3.8) is 0 Å². The molecule has 1 unspecified atom stereocenters. The van der Waals surface area contributed by atoms with Gasteiger partial charge in [0.2, 0.25) is 5.91 Å². The molecule has 1 aliphatic rings. The lowest BCUT2D eigenvalue weighted by Crippen LogP contribution is -2.20. The molecule has 0 radical (unpaired) electrons. The lowest BCUT2D eigenvalue weighted by molar-refractivity contribution is -0.149. The van der Waals surface area contributed by atoms with Crippen LogP contribution in [-0.4, -0.2) is 18.4 Å². The molecule has 1 aliphatic heterocycles. The highest BCUT2D eigenvalue weighted by molar-refractivity contribution is 5.86. The van der Waals surface area contributed by atoms with Gasteiger partial charge in [0.1, 0.15) is 6.61 Å². The standard InChI is InChI=1S/C12H13NO3/c14-11-6-10(7-13-11)12(15)16-8-9-4-2-1-3-5-9/h1-5,10H,6-8H2,(H,13,14). The van der Waals surface area contributed by atoms with Crippen LogP contribution in [0.1, 0.15) is 12.0 Å². The maximum atomic E-state index is 11.5. The Labute approximate surface area is 93.6 Å². The molecule has 1 aromatic rings. The molecule has 1 heterocycles. The summed E-state index contributed by atoms with van der Waals surface area (Å²) in [6.45, 7) is 0.664. The molecule has 1 amide bonds. The fraction of sp³-hybridized carbons (Fsp3) is 0.333. The Morgan fingerprint density at radius 1 is 1.38 bits per heavy atom. The summed E-state index contributed by atoms with van der Waals surface area (Å²) in [5.74, 6) is -0.708. The van der Waals surface area contributed by atoms with Crippen LogP contribution in [0.3, 0.4) is 0 Å². The van der Waals surface area contributed by atoms with Crippen molar-refractivity contribution in [1.82, 2.24) is 5.32 Å². The van der Waals surface area contributed by atoms with Crippen LogP contribution < -0.4 is 5.32 Å². The fourth-order valence-corrected chi connectivity index (χ4v) is 1.62. The molecule has 0 bridgehead atoms. The van der Waals surface area contributed by atoms with E-state index in [0.29, 0.717) is 6.54 Å². The van der Waals surface area contributed by atoms with Crippen molar-refractivity contribution in [3.05, 3.63) is 35.9 Å². The third kappa shape index (κ3) is 2.59. The summed E-state index contributed by atoms with van der Waals surface area (Å²) in [6.07, 6.45) is 0.244. The van der Waals surface area contributed by atoms with Gasteiger partial charge in [0.15, 0.2) is 0 Å². The van der Waals surface area contributed by atoms with E-state index in [4.69, 9.17) is 4.74 Å². The number of nitrogens with one attached hydrogen (secondary N) is 1. The number of carbonyl (C=O) groups excluding carboxylic acids is 2. The molecule has 2 rings (SSSR count). The normalized spacial score (nSPS) is 19.2. The van der Waals surface area contributed by atoms with E-state index in [1.54, 1.807) is 0 Å². The summed E-state index contributed by atoms with van der Waals surface area (Å²) in [5, 5.41) is 2.61. The van der Waals surface area contributed by atoms with Gasteiger partial charge in [-0.3, -0.25) is 9.59 Å². The quantitative estimate of drug-likeness (QED) is 0.767. The van der Waals surface area contributed by atoms with E-state index in [2.05, 4.69) is 5.32 Å². The van der Waals surface area contributed by atoms with E-state index in [0.717, 1.165) is 5.56 Å². The second-order valence-electron chi connectivity index (χ2n) is 3.80. The predicted molar refractivity (Wildman–Crippen MR) is 57.4 cm³/mol. The Morgan fingerprint density at radius 3 is 2.75 bits per heavy atom. The lowest BCUT2D eigenvalue weighted by atomic mass is 10.1. The molecule has 0 aromatic heterocycles. The van der Waals surface area contributed by atoms with Crippen LogP contribution in [0.2, 0.25) is 0 Å². The number of esters is 1. The van der Waals surface area contributed by atoms with E-state index in [-0.39, 0.29) is 30.8 Å². The number of amides is 1. The van der Waals surface area contributed by atoms with Gasteiger partial charge in [-0.15, -0.1) is 0 Å². The lowest BCUT2D eigenvalue weighted by Gasteiger charge is -2.08. The summed E-state index contributed by atoms with van der Waals surface area (Å²) < 4.78 is 5.13. The van der Waals surface area contributed by atoms with Gasteiger partial charge >= 0.3 is 5.97 Å². The Hall–Kier alpha value is -1.84. The molecule has 1 aromatic carbocycles. The molecule has 4 heteroatoms. The van der Waals surface area contributed by atoms with Gasteiger partial charge in [0.05, 0.1) is 5.92 Å². The van der Waals surface area contributed by atoms with Crippen molar-refractivity contribution in [2.24, 2.45) is 5.92 Å². The van der Waals surface area contributed by atoms with Crippen LogP contribution in [-0.2, 0) is 20.9 Å². The molecule has 1 fully saturated rings. The predicted octanol–water partition coefficient (Wildman–Crippen LogP) is 0.866. The fourth-order valence-electron chi connectivity index (χ4n) is 1.62. The number of benzene rings is 1. The second-order valence-corrected chi connectivity index (χ2v) is 3.80. The first-order chi connectivity index (χ1) is 7.75. The van der Waals surface area contributed by atoms with Gasteiger partial charge in [-0.05, 0) is 5.56 Å². The third-order valence-electron chi connectivity index (χ3n) is 2.53. The Kier molecular flexibility index (Phi) is 3.19. The summed E-state index contributed by atoms with van der Waals surface area (Å²) in [4.78, 5) is 22.5. The SMILES string of the molecule is O=C1CC(C(=O)OCc2ccccc2)CN1.